The first-order chi connectivity index (χ1) is 16.8. The molecule has 0 bridgehead atoms. The molecule has 0 spiro atoms. The van der Waals surface area contributed by atoms with Crippen molar-refractivity contribution in [2.45, 2.75) is 58.3 Å². The molecular formula is C29H48N2O4W. The first-order valence-electron chi connectivity index (χ1n) is 12.6. The van der Waals surface area contributed by atoms with Crippen LogP contribution in [-0.2, 0) is 21.1 Å². The van der Waals surface area contributed by atoms with E-state index >= 15 is 0 Å². The summed E-state index contributed by atoms with van der Waals surface area (Å²) in [5.74, 6) is 0.553. The monoisotopic (exact) mass is 672 g/mol. The first-order valence-corrected chi connectivity index (χ1v) is 12.6. The third-order valence-electron chi connectivity index (χ3n) is 5.09. The molecule has 2 rings (SSSR count). The molecule has 0 saturated heterocycles. The third-order valence-corrected chi connectivity index (χ3v) is 5.09. The Labute approximate surface area is 233 Å². The summed E-state index contributed by atoms with van der Waals surface area (Å²) in [7, 11) is 7.61. The van der Waals surface area contributed by atoms with Crippen LogP contribution in [0.3, 0.4) is 0 Å². The number of carbonyl (C=O) groups is 1. The topological polar surface area (TPSA) is 78.8 Å². The van der Waals surface area contributed by atoms with Gasteiger partial charge < -0.3 is 31.7 Å². The normalized spacial score (nSPS) is 10.1. The summed E-state index contributed by atoms with van der Waals surface area (Å²) in [4.78, 5) is 12.5. The maximum absolute atomic E-state index is 12.5. The fourth-order valence-electron chi connectivity index (χ4n) is 3.17. The van der Waals surface area contributed by atoms with Gasteiger partial charge in [-0.25, -0.2) is 0 Å². The molecule has 0 aromatic heterocycles. The molecule has 0 atom stereocenters. The van der Waals surface area contributed by atoms with Crippen LogP contribution in [0.1, 0.15) is 68.6 Å². The van der Waals surface area contributed by atoms with Gasteiger partial charge in [-0.2, -0.15) is 6.42 Å². The average Bonchev–Trinajstić information content (AvgIpc) is 2.85. The first kappa shape index (κ1) is 36.3. The molecule has 204 valence electrons. The Morgan fingerprint density at radius 2 is 1.50 bits per heavy atom. The second-order valence-corrected chi connectivity index (χ2v) is 9.33. The Kier molecular flexibility index (Phi) is 22.5. The van der Waals surface area contributed by atoms with Crippen LogP contribution >= 0.6 is 0 Å². The number of aliphatic hydroxyl groups is 1. The van der Waals surface area contributed by atoms with Crippen LogP contribution in [0.25, 0.3) is 0 Å². The molecule has 0 radical (unpaired) electrons. The third kappa shape index (κ3) is 18.4. The van der Waals surface area contributed by atoms with E-state index in [1.807, 2.05) is 18.2 Å². The maximum Gasteiger partial charge on any atom is 0.259 e. The van der Waals surface area contributed by atoms with Crippen LogP contribution in [0.5, 0.6) is 11.5 Å². The average molecular weight is 673 g/mol. The number of benzene rings is 2. The summed E-state index contributed by atoms with van der Waals surface area (Å²) in [5, 5.41) is 19.1. The summed E-state index contributed by atoms with van der Waals surface area (Å²) < 4.78 is 6.89. The van der Waals surface area contributed by atoms with Crippen LogP contribution in [-0.4, -0.2) is 62.0 Å². The molecule has 1 amide bonds. The van der Waals surface area contributed by atoms with E-state index in [2.05, 4.69) is 40.3 Å². The van der Waals surface area contributed by atoms with Gasteiger partial charge in [-0.3, -0.25) is 4.79 Å². The largest absolute Gasteiger partial charge is 0.508 e. The van der Waals surface area contributed by atoms with Crippen molar-refractivity contribution in [1.29, 1.82) is 0 Å². The molecule has 0 fully saturated rings. The molecule has 6 nitrogen and oxygen atoms in total. The van der Waals surface area contributed by atoms with Gasteiger partial charge in [0.15, 0.2) is 0 Å². The van der Waals surface area contributed by atoms with Gasteiger partial charge in [-0.05, 0) is 49.2 Å². The summed E-state index contributed by atoms with van der Waals surface area (Å²) in [6.45, 7) is 7.85. The van der Waals surface area contributed by atoms with Crippen LogP contribution in [0.4, 0.5) is 5.69 Å². The van der Waals surface area contributed by atoms with E-state index < -0.39 is 0 Å². The van der Waals surface area contributed by atoms with Gasteiger partial charge in [-0.15, -0.1) is 0 Å². The van der Waals surface area contributed by atoms with Gasteiger partial charge in [0.2, 0.25) is 0 Å². The SMILES string of the molecule is CCCCCCCCOc1ccccc1C(=O)Nc1ccc(O)cc1.CO.[CH2-]CCC[N+](C)(C)C.[W]. The number of phenols is 1. The zero-order valence-corrected chi connectivity index (χ0v) is 25.9. The Bertz CT molecular complexity index is 793. The molecular weight excluding hydrogens is 624 g/mol. The molecule has 0 aliphatic heterocycles. The predicted octanol–water partition coefficient (Wildman–Crippen LogP) is 6.30. The predicted molar refractivity (Wildman–Crippen MR) is 147 cm³/mol. The molecule has 0 unspecified atom stereocenters. The Balaban J connectivity index is 0. The van der Waals surface area contributed by atoms with Crippen molar-refractivity contribution >= 4 is 11.6 Å². The van der Waals surface area contributed by atoms with E-state index in [1.54, 1.807) is 18.2 Å². The molecule has 0 aliphatic rings. The minimum Gasteiger partial charge on any atom is -0.508 e. The number of anilines is 1. The van der Waals surface area contributed by atoms with E-state index in [0.29, 0.717) is 23.6 Å². The molecule has 7 heteroatoms. The molecule has 0 aliphatic carbocycles. The Morgan fingerprint density at radius 3 is 2.06 bits per heavy atom. The van der Waals surface area contributed by atoms with Gasteiger partial charge in [0.05, 0.1) is 39.9 Å². The van der Waals surface area contributed by atoms with Gasteiger partial charge in [0.25, 0.3) is 5.91 Å². The summed E-state index contributed by atoms with van der Waals surface area (Å²) in [5.41, 5.74) is 1.15. The van der Waals surface area contributed by atoms with Crippen molar-refractivity contribution in [2.75, 3.05) is 46.7 Å². The number of rotatable bonds is 13. The van der Waals surface area contributed by atoms with Crippen molar-refractivity contribution in [3.63, 3.8) is 0 Å². The number of aliphatic hydroxyl groups excluding tert-OH is 1. The molecule has 0 saturated carbocycles. The number of aromatic hydroxyl groups is 1. The Morgan fingerprint density at radius 1 is 0.917 bits per heavy atom. The number of nitrogens with one attached hydrogen (secondary N) is 1. The van der Waals surface area contributed by atoms with Crippen LogP contribution in [0, 0.1) is 6.92 Å². The minimum atomic E-state index is -0.218. The van der Waals surface area contributed by atoms with Crippen molar-refractivity contribution in [3.8, 4) is 11.5 Å². The van der Waals surface area contributed by atoms with Gasteiger partial charge in [-0.1, -0.05) is 51.2 Å². The Hall–Kier alpha value is -1.88. The van der Waals surface area contributed by atoms with Gasteiger partial charge >= 0.3 is 0 Å². The second-order valence-electron chi connectivity index (χ2n) is 9.33. The number of unbranched alkanes of at least 4 members (excludes halogenated alkanes) is 6. The van der Waals surface area contributed by atoms with E-state index in [-0.39, 0.29) is 32.7 Å². The summed E-state index contributed by atoms with van der Waals surface area (Å²) in [6, 6.07) is 13.7. The fourth-order valence-corrected chi connectivity index (χ4v) is 3.17. The van der Waals surface area contributed by atoms with Crippen LogP contribution in [0.15, 0.2) is 48.5 Å². The zero-order chi connectivity index (χ0) is 26.5. The van der Waals surface area contributed by atoms with E-state index in [4.69, 9.17) is 9.84 Å². The van der Waals surface area contributed by atoms with Crippen molar-refractivity contribution in [3.05, 3.63) is 61.0 Å². The fraction of sp³-hybridized carbons (Fsp3) is 0.517. The van der Waals surface area contributed by atoms with Crippen molar-refractivity contribution < 1.29 is 45.3 Å². The number of ether oxygens (including phenoxy) is 1. The summed E-state index contributed by atoms with van der Waals surface area (Å²) in [6.07, 6.45) is 9.52. The quantitative estimate of drug-likeness (QED) is 0.101. The number of phenolic OH excluding ortho intramolecular Hbond substituents is 1. The van der Waals surface area contributed by atoms with Crippen LogP contribution < -0.4 is 10.1 Å². The second kappa shape index (κ2) is 22.3. The zero-order valence-electron chi connectivity index (χ0n) is 23.0. The summed E-state index contributed by atoms with van der Waals surface area (Å²) >= 11 is 0. The molecule has 3 N–H and O–H groups in total. The van der Waals surface area contributed by atoms with Crippen LogP contribution in [0.2, 0.25) is 0 Å². The molecule has 0 heterocycles. The molecule has 36 heavy (non-hydrogen) atoms. The number of quaternary nitrogens is 1. The van der Waals surface area contributed by atoms with Crippen molar-refractivity contribution in [2.24, 2.45) is 0 Å². The number of amides is 1. The van der Waals surface area contributed by atoms with E-state index in [9.17, 15) is 9.90 Å². The molecule has 2 aromatic rings. The standard InChI is InChI=1S/C21H27NO3.C7H17N.CH4O.W/c1-2-3-4-5-6-9-16-25-20-11-8-7-10-19(20)21(24)22-17-12-14-18(23)15-13-17;1-5-6-7-8(2,3)4;1-2;/h7-8,10-15,23H,2-6,9,16H2,1H3,(H,22,24);1,5-7H2,2-4H3;2H,1H3;. The maximum atomic E-state index is 12.5. The number of para-hydroxylation sites is 1. The number of nitrogens with zero attached hydrogens (tertiary/aromatic N) is 1. The van der Waals surface area contributed by atoms with Gasteiger partial charge in [0.1, 0.15) is 11.5 Å². The number of hydrogen-bond donors (Lipinski definition) is 3. The van der Waals surface area contributed by atoms with Gasteiger partial charge in [0, 0.05) is 33.9 Å². The number of carbonyl (C=O) groups excluding carboxylic acids is 1. The smallest absolute Gasteiger partial charge is 0.259 e. The van der Waals surface area contributed by atoms with E-state index in [1.165, 1.54) is 50.8 Å². The van der Waals surface area contributed by atoms with Crippen molar-refractivity contribution in [1.82, 2.24) is 0 Å². The van der Waals surface area contributed by atoms with E-state index in [0.717, 1.165) is 30.9 Å². The number of hydrogen-bond acceptors (Lipinski definition) is 4. The minimum absolute atomic E-state index is 0. The molecule has 2 aromatic carbocycles.